The van der Waals surface area contributed by atoms with Gasteiger partial charge < -0.3 is 4.74 Å². The molecule has 0 atom stereocenters. The fraction of sp³-hybridized carbons (Fsp3) is 0.867. The van der Waals surface area contributed by atoms with Gasteiger partial charge in [-0.1, -0.05) is 45.4 Å². The van der Waals surface area contributed by atoms with Crippen LogP contribution in [0.3, 0.4) is 0 Å². The summed E-state index contributed by atoms with van der Waals surface area (Å²) in [6.07, 6.45) is 10.0. The molecule has 1 fully saturated rings. The summed E-state index contributed by atoms with van der Waals surface area (Å²) in [4.78, 5) is 24.7. The molecule has 1 rings (SSSR count). The van der Waals surface area contributed by atoms with E-state index >= 15 is 0 Å². The van der Waals surface area contributed by atoms with E-state index in [2.05, 4.69) is 6.92 Å². The van der Waals surface area contributed by atoms with E-state index in [1.54, 1.807) is 0 Å². The molecule has 1 aliphatic heterocycles. The monoisotopic (exact) mass is 269 g/mol. The van der Waals surface area contributed by atoms with Gasteiger partial charge in [0.15, 0.2) is 0 Å². The highest BCUT2D eigenvalue weighted by molar-refractivity contribution is 5.91. The molecule has 1 saturated heterocycles. The first kappa shape index (κ1) is 16.0. The summed E-state index contributed by atoms with van der Waals surface area (Å²) < 4.78 is 4.97. The van der Waals surface area contributed by atoms with E-state index in [9.17, 15) is 9.59 Å². The number of imide groups is 1. The Labute approximate surface area is 116 Å². The number of rotatable bonds is 8. The number of cyclic esters (lactones) is 1. The lowest BCUT2D eigenvalue weighted by Crippen LogP contribution is -2.36. The molecule has 4 heteroatoms. The molecule has 2 amide bonds. The summed E-state index contributed by atoms with van der Waals surface area (Å²) in [5, 5.41) is 0. The normalized spacial score (nSPS) is 16.1. The van der Waals surface area contributed by atoms with Crippen molar-refractivity contribution in [3.05, 3.63) is 0 Å². The summed E-state index contributed by atoms with van der Waals surface area (Å²) in [5.74, 6) is -0.0690. The summed E-state index contributed by atoms with van der Waals surface area (Å²) in [5.41, 5.74) is 0. The summed E-state index contributed by atoms with van der Waals surface area (Å²) in [6, 6.07) is 0. The SMILES string of the molecule is CCCCCCCCCC(=O)N1CCCCOC1=O. The quantitative estimate of drug-likeness (QED) is 0.628. The van der Waals surface area contributed by atoms with Gasteiger partial charge in [0.25, 0.3) is 0 Å². The molecule has 0 aromatic heterocycles. The Morgan fingerprint density at radius 1 is 1.11 bits per heavy atom. The smallest absolute Gasteiger partial charge is 0.416 e. The molecular weight excluding hydrogens is 242 g/mol. The molecule has 0 radical (unpaired) electrons. The zero-order chi connectivity index (χ0) is 13.9. The van der Waals surface area contributed by atoms with Crippen molar-refractivity contribution in [2.75, 3.05) is 13.2 Å². The van der Waals surface area contributed by atoms with Gasteiger partial charge in [-0.3, -0.25) is 4.79 Å². The number of amides is 2. The third-order valence-electron chi connectivity index (χ3n) is 3.52. The highest BCUT2D eigenvalue weighted by atomic mass is 16.6. The highest BCUT2D eigenvalue weighted by Crippen LogP contribution is 2.12. The van der Waals surface area contributed by atoms with Gasteiger partial charge in [-0.15, -0.1) is 0 Å². The maximum atomic E-state index is 11.9. The second-order valence-corrected chi connectivity index (χ2v) is 5.24. The second kappa shape index (κ2) is 9.82. The van der Waals surface area contributed by atoms with Crippen molar-refractivity contribution in [2.45, 2.75) is 71.1 Å². The van der Waals surface area contributed by atoms with Crippen molar-refractivity contribution in [2.24, 2.45) is 0 Å². The van der Waals surface area contributed by atoms with Crippen LogP contribution >= 0.6 is 0 Å². The molecule has 1 heterocycles. The topological polar surface area (TPSA) is 46.6 Å². The van der Waals surface area contributed by atoms with Gasteiger partial charge in [0.1, 0.15) is 0 Å². The largest absolute Gasteiger partial charge is 0.449 e. The van der Waals surface area contributed by atoms with E-state index in [4.69, 9.17) is 4.74 Å². The van der Waals surface area contributed by atoms with E-state index in [0.29, 0.717) is 19.6 Å². The molecule has 1 aliphatic rings. The molecule has 0 bridgehead atoms. The molecule has 0 aromatic rings. The van der Waals surface area contributed by atoms with Crippen molar-refractivity contribution < 1.29 is 14.3 Å². The molecular formula is C15H27NO3. The standard InChI is InChI=1S/C15H27NO3/c1-2-3-4-5-6-7-8-11-14(17)16-12-9-10-13-19-15(16)18/h2-13H2,1H3. The number of ether oxygens (including phenoxy) is 1. The third-order valence-corrected chi connectivity index (χ3v) is 3.52. The van der Waals surface area contributed by atoms with Crippen molar-refractivity contribution in [3.63, 3.8) is 0 Å². The lowest BCUT2D eigenvalue weighted by molar-refractivity contribution is -0.129. The number of carbonyl (C=O) groups is 2. The molecule has 0 aromatic carbocycles. The number of hydrogen-bond acceptors (Lipinski definition) is 3. The van der Waals surface area contributed by atoms with Crippen LogP contribution in [-0.4, -0.2) is 30.1 Å². The molecule has 19 heavy (non-hydrogen) atoms. The Balaban J connectivity index is 2.11. The highest BCUT2D eigenvalue weighted by Gasteiger charge is 2.23. The summed E-state index contributed by atoms with van der Waals surface area (Å²) >= 11 is 0. The second-order valence-electron chi connectivity index (χ2n) is 5.24. The third kappa shape index (κ3) is 6.60. The lowest BCUT2D eigenvalue weighted by Gasteiger charge is -2.16. The minimum absolute atomic E-state index is 0.0690. The molecule has 0 N–H and O–H groups in total. The van der Waals surface area contributed by atoms with Crippen LogP contribution < -0.4 is 0 Å². The van der Waals surface area contributed by atoms with E-state index in [-0.39, 0.29) is 5.91 Å². The molecule has 110 valence electrons. The van der Waals surface area contributed by atoms with Gasteiger partial charge in [0, 0.05) is 13.0 Å². The number of carbonyl (C=O) groups excluding carboxylic acids is 2. The van der Waals surface area contributed by atoms with Gasteiger partial charge in [0.2, 0.25) is 5.91 Å². The van der Waals surface area contributed by atoms with Crippen molar-refractivity contribution in [3.8, 4) is 0 Å². The molecule has 0 unspecified atom stereocenters. The van der Waals surface area contributed by atoms with E-state index in [0.717, 1.165) is 25.7 Å². The number of unbranched alkanes of at least 4 members (excludes halogenated alkanes) is 6. The minimum Gasteiger partial charge on any atom is -0.449 e. The van der Waals surface area contributed by atoms with Gasteiger partial charge in [-0.25, -0.2) is 9.69 Å². The average Bonchev–Trinajstić information content (AvgIpc) is 2.62. The van der Waals surface area contributed by atoms with Crippen LogP contribution in [0.4, 0.5) is 4.79 Å². The van der Waals surface area contributed by atoms with Crippen LogP contribution in [0.2, 0.25) is 0 Å². The molecule has 4 nitrogen and oxygen atoms in total. The Morgan fingerprint density at radius 3 is 2.53 bits per heavy atom. The van der Waals surface area contributed by atoms with Crippen LogP contribution in [-0.2, 0) is 9.53 Å². The van der Waals surface area contributed by atoms with Crippen LogP contribution in [0.25, 0.3) is 0 Å². The maximum Gasteiger partial charge on any atom is 0.416 e. The maximum absolute atomic E-state index is 11.9. The Kier molecular flexibility index (Phi) is 8.26. The van der Waals surface area contributed by atoms with Gasteiger partial charge in [-0.2, -0.15) is 0 Å². The zero-order valence-electron chi connectivity index (χ0n) is 12.2. The van der Waals surface area contributed by atoms with Crippen LogP contribution in [0, 0.1) is 0 Å². The van der Waals surface area contributed by atoms with Crippen LogP contribution in [0.15, 0.2) is 0 Å². The minimum atomic E-state index is -0.453. The average molecular weight is 269 g/mol. The molecule has 0 spiro atoms. The summed E-state index contributed by atoms with van der Waals surface area (Å²) in [6.45, 7) is 3.17. The zero-order valence-corrected chi connectivity index (χ0v) is 12.2. The van der Waals surface area contributed by atoms with Crippen LogP contribution in [0.5, 0.6) is 0 Å². The first-order valence-corrected chi connectivity index (χ1v) is 7.73. The van der Waals surface area contributed by atoms with Crippen LogP contribution in [0.1, 0.15) is 71.1 Å². The van der Waals surface area contributed by atoms with Gasteiger partial charge >= 0.3 is 6.09 Å². The predicted octanol–water partition coefficient (Wildman–Crippen LogP) is 3.89. The Hall–Kier alpha value is -1.06. The lowest BCUT2D eigenvalue weighted by atomic mass is 10.1. The van der Waals surface area contributed by atoms with Crippen molar-refractivity contribution in [1.82, 2.24) is 4.90 Å². The number of nitrogens with zero attached hydrogens (tertiary/aromatic N) is 1. The van der Waals surface area contributed by atoms with E-state index < -0.39 is 6.09 Å². The fourth-order valence-electron chi connectivity index (χ4n) is 2.30. The Bertz CT molecular complexity index is 279. The molecule has 0 aliphatic carbocycles. The van der Waals surface area contributed by atoms with Gasteiger partial charge in [0.05, 0.1) is 6.61 Å². The van der Waals surface area contributed by atoms with Gasteiger partial charge in [-0.05, 0) is 19.3 Å². The predicted molar refractivity (Wildman–Crippen MR) is 74.9 cm³/mol. The first-order chi connectivity index (χ1) is 9.25. The van der Waals surface area contributed by atoms with E-state index in [1.165, 1.54) is 37.0 Å². The van der Waals surface area contributed by atoms with Crippen molar-refractivity contribution >= 4 is 12.0 Å². The summed E-state index contributed by atoms with van der Waals surface area (Å²) in [7, 11) is 0. The van der Waals surface area contributed by atoms with Crippen molar-refractivity contribution in [1.29, 1.82) is 0 Å². The number of hydrogen-bond donors (Lipinski definition) is 0. The first-order valence-electron chi connectivity index (χ1n) is 7.73. The fourth-order valence-corrected chi connectivity index (χ4v) is 2.30. The Morgan fingerprint density at radius 2 is 1.79 bits per heavy atom. The molecule has 0 saturated carbocycles. The van der Waals surface area contributed by atoms with E-state index in [1.807, 2.05) is 0 Å².